The van der Waals surface area contributed by atoms with Gasteiger partial charge in [0.1, 0.15) is 0 Å². The van der Waals surface area contributed by atoms with Crippen LogP contribution in [-0.4, -0.2) is 5.71 Å². The van der Waals surface area contributed by atoms with Crippen molar-refractivity contribution in [3.8, 4) is 0 Å². The maximum Gasteiger partial charge on any atom is 0.0680 e. The Morgan fingerprint density at radius 2 is 1.70 bits per heavy atom. The van der Waals surface area contributed by atoms with E-state index in [1.165, 1.54) is 16.7 Å². The third-order valence-electron chi connectivity index (χ3n) is 3.78. The van der Waals surface area contributed by atoms with Gasteiger partial charge in [-0.25, -0.2) is 0 Å². The Bertz CT molecular complexity index is 676. The summed E-state index contributed by atoms with van der Waals surface area (Å²) in [6.45, 7) is 6.71. The van der Waals surface area contributed by atoms with Crippen molar-refractivity contribution < 1.29 is 0 Å². The Hall–Kier alpha value is -1.41. The molecule has 102 valence electrons. The highest BCUT2D eigenvalue weighted by molar-refractivity contribution is 9.10. The van der Waals surface area contributed by atoms with Crippen molar-refractivity contribution in [3.63, 3.8) is 0 Å². The van der Waals surface area contributed by atoms with E-state index >= 15 is 0 Å². The average Bonchev–Trinajstić information content (AvgIpc) is 2.83. The summed E-state index contributed by atoms with van der Waals surface area (Å²) in [6.07, 6.45) is 0.908. The Labute approximate surface area is 128 Å². The molecule has 2 aromatic rings. The second-order valence-electron chi connectivity index (χ2n) is 6.30. The summed E-state index contributed by atoms with van der Waals surface area (Å²) in [4.78, 5) is 4.76. The smallest absolute Gasteiger partial charge is 0.0680 e. The predicted octanol–water partition coefficient (Wildman–Crippen LogP) is 5.42. The van der Waals surface area contributed by atoms with Gasteiger partial charge in [0.05, 0.1) is 11.4 Å². The highest BCUT2D eigenvalue weighted by Crippen LogP contribution is 2.34. The van der Waals surface area contributed by atoms with Gasteiger partial charge < -0.3 is 0 Å². The van der Waals surface area contributed by atoms with Crippen LogP contribution < -0.4 is 0 Å². The molecule has 0 bridgehead atoms. The molecule has 2 aromatic carbocycles. The van der Waals surface area contributed by atoms with Gasteiger partial charge in [-0.2, -0.15) is 0 Å². The van der Waals surface area contributed by atoms with Gasteiger partial charge in [-0.15, -0.1) is 0 Å². The monoisotopic (exact) mass is 327 g/mol. The van der Waals surface area contributed by atoms with Crippen LogP contribution in [0.3, 0.4) is 0 Å². The number of hydrogen-bond donors (Lipinski definition) is 0. The van der Waals surface area contributed by atoms with Crippen molar-refractivity contribution in [2.75, 3.05) is 0 Å². The normalized spacial score (nSPS) is 14.1. The summed E-state index contributed by atoms with van der Waals surface area (Å²) in [5, 5.41) is 0. The molecule has 0 aromatic heterocycles. The quantitative estimate of drug-likeness (QED) is 0.662. The number of benzene rings is 2. The highest BCUT2D eigenvalue weighted by Gasteiger charge is 2.19. The molecular formula is C18H18BrN. The molecule has 0 N–H and O–H groups in total. The third-order valence-corrected chi connectivity index (χ3v) is 4.52. The first-order valence-corrected chi connectivity index (χ1v) is 7.70. The minimum Gasteiger partial charge on any atom is -0.252 e. The van der Waals surface area contributed by atoms with Crippen molar-refractivity contribution in [2.45, 2.75) is 32.6 Å². The lowest BCUT2D eigenvalue weighted by atomic mass is 9.86. The first kappa shape index (κ1) is 13.6. The lowest BCUT2D eigenvalue weighted by molar-refractivity contribution is 0.590. The van der Waals surface area contributed by atoms with E-state index in [0.29, 0.717) is 0 Å². The summed E-state index contributed by atoms with van der Waals surface area (Å²) < 4.78 is 1.15. The molecule has 1 aliphatic rings. The summed E-state index contributed by atoms with van der Waals surface area (Å²) in [5.74, 6) is 0. The number of hydrogen-bond acceptors (Lipinski definition) is 1. The van der Waals surface area contributed by atoms with Crippen LogP contribution in [0.1, 0.15) is 37.5 Å². The van der Waals surface area contributed by atoms with Gasteiger partial charge >= 0.3 is 0 Å². The van der Waals surface area contributed by atoms with Crippen molar-refractivity contribution in [1.82, 2.24) is 0 Å². The van der Waals surface area contributed by atoms with Gasteiger partial charge in [-0.3, -0.25) is 4.99 Å². The topological polar surface area (TPSA) is 12.4 Å². The van der Waals surface area contributed by atoms with E-state index in [9.17, 15) is 0 Å². The van der Waals surface area contributed by atoms with Crippen molar-refractivity contribution in [3.05, 3.63) is 63.6 Å². The molecule has 0 fully saturated rings. The summed E-state index contributed by atoms with van der Waals surface area (Å²) >= 11 is 3.61. The molecular weight excluding hydrogens is 310 g/mol. The summed E-state index contributed by atoms with van der Waals surface area (Å²) in [7, 11) is 0. The van der Waals surface area contributed by atoms with E-state index in [-0.39, 0.29) is 5.41 Å². The molecule has 1 aliphatic heterocycles. The Morgan fingerprint density at radius 1 is 1.00 bits per heavy atom. The highest BCUT2D eigenvalue weighted by atomic mass is 79.9. The van der Waals surface area contributed by atoms with Gasteiger partial charge in [-0.1, -0.05) is 67.0 Å². The van der Waals surface area contributed by atoms with Gasteiger partial charge in [0.2, 0.25) is 0 Å². The molecule has 1 nitrogen and oxygen atoms in total. The van der Waals surface area contributed by atoms with Crippen LogP contribution in [0.5, 0.6) is 0 Å². The van der Waals surface area contributed by atoms with Crippen molar-refractivity contribution in [2.24, 2.45) is 4.99 Å². The molecule has 0 amide bonds. The third kappa shape index (κ3) is 2.45. The van der Waals surface area contributed by atoms with Gasteiger partial charge in [-0.05, 0) is 34.2 Å². The molecule has 0 radical (unpaired) electrons. The average molecular weight is 328 g/mol. The first-order chi connectivity index (χ1) is 9.45. The fourth-order valence-electron chi connectivity index (χ4n) is 2.51. The molecule has 0 spiro atoms. The Balaban J connectivity index is 1.92. The zero-order chi connectivity index (χ0) is 14.3. The van der Waals surface area contributed by atoms with Gasteiger partial charge in [0, 0.05) is 10.9 Å². The lowest BCUT2D eigenvalue weighted by Gasteiger charge is -2.19. The lowest BCUT2D eigenvalue weighted by Crippen LogP contribution is -2.11. The fraction of sp³-hybridized carbons (Fsp3) is 0.278. The number of aliphatic imine (C=N–C) groups is 1. The zero-order valence-electron chi connectivity index (χ0n) is 12.1. The number of nitrogens with zero attached hydrogens (tertiary/aromatic N) is 1. The van der Waals surface area contributed by atoms with Crippen LogP contribution in [0.25, 0.3) is 0 Å². The summed E-state index contributed by atoms with van der Waals surface area (Å²) in [6, 6.07) is 15.0. The molecule has 0 unspecified atom stereocenters. The number of fused-ring (bicyclic) bond motifs is 1. The molecule has 0 saturated heterocycles. The van der Waals surface area contributed by atoms with Crippen molar-refractivity contribution in [1.29, 1.82) is 0 Å². The van der Waals surface area contributed by atoms with E-state index in [1.807, 2.05) is 6.07 Å². The zero-order valence-corrected chi connectivity index (χ0v) is 13.7. The van der Waals surface area contributed by atoms with E-state index in [1.54, 1.807) is 0 Å². The van der Waals surface area contributed by atoms with Crippen LogP contribution in [0.15, 0.2) is 51.9 Å². The van der Waals surface area contributed by atoms with Crippen LogP contribution in [0, 0.1) is 0 Å². The minimum absolute atomic E-state index is 0.196. The SMILES string of the molecule is CC(C)(C)c1ccc(C2=Nc3cccc(Br)c3C2)cc1. The first-order valence-electron chi connectivity index (χ1n) is 6.91. The van der Waals surface area contributed by atoms with E-state index < -0.39 is 0 Å². The van der Waals surface area contributed by atoms with Crippen LogP contribution >= 0.6 is 15.9 Å². The predicted molar refractivity (Wildman–Crippen MR) is 89.2 cm³/mol. The Kier molecular flexibility index (Phi) is 3.29. The number of halogens is 1. The molecule has 0 atom stereocenters. The van der Waals surface area contributed by atoms with Crippen LogP contribution in [0.4, 0.5) is 5.69 Å². The second-order valence-corrected chi connectivity index (χ2v) is 7.15. The molecule has 20 heavy (non-hydrogen) atoms. The van der Waals surface area contributed by atoms with Gasteiger partial charge in [0.25, 0.3) is 0 Å². The molecule has 2 heteroatoms. The maximum absolute atomic E-state index is 4.76. The maximum atomic E-state index is 4.76. The second kappa shape index (κ2) is 4.85. The standard InChI is InChI=1S/C18H18BrN/c1-18(2,3)13-9-7-12(8-10-13)17-11-14-15(19)5-4-6-16(14)20-17/h4-10H,11H2,1-3H3. The number of rotatable bonds is 1. The Morgan fingerprint density at radius 3 is 2.30 bits per heavy atom. The fourth-order valence-corrected chi connectivity index (χ4v) is 3.00. The molecule has 0 aliphatic carbocycles. The molecule has 1 heterocycles. The van der Waals surface area contributed by atoms with E-state index in [4.69, 9.17) is 4.99 Å². The molecule has 3 rings (SSSR count). The van der Waals surface area contributed by atoms with Crippen LogP contribution in [0.2, 0.25) is 0 Å². The van der Waals surface area contributed by atoms with Crippen LogP contribution in [-0.2, 0) is 11.8 Å². The van der Waals surface area contributed by atoms with Gasteiger partial charge in [0.15, 0.2) is 0 Å². The summed E-state index contributed by atoms with van der Waals surface area (Å²) in [5.41, 5.74) is 6.32. The van der Waals surface area contributed by atoms with E-state index in [0.717, 1.165) is 22.3 Å². The minimum atomic E-state index is 0.196. The van der Waals surface area contributed by atoms with Crippen molar-refractivity contribution >= 4 is 27.3 Å². The van der Waals surface area contributed by atoms with E-state index in [2.05, 4.69) is 73.1 Å². The molecule has 0 saturated carbocycles. The largest absolute Gasteiger partial charge is 0.252 e.